The van der Waals surface area contributed by atoms with Gasteiger partial charge in [-0.2, -0.15) is 8.78 Å². The van der Waals surface area contributed by atoms with Gasteiger partial charge < -0.3 is 4.74 Å². The molecule has 0 bridgehead atoms. The molecule has 0 radical (unpaired) electrons. The fourth-order valence-corrected chi connectivity index (χ4v) is 2.50. The van der Waals surface area contributed by atoms with E-state index in [2.05, 4.69) is 10.8 Å². The Bertz CT molecular complexity index is 582. The van der Waals surface area contributed by atoms with Gasteiger partial charge in [0.15, 0.2) is 0 Å². The second-order valence-electron chi connectivity index (χ2n) is 4.67. The van der Waals surface area contributed by atoms with Crippen LogP contribution >= 0.6 is 11.6 Å². The van der Waals surface area contributed by atoms with E-state index in [-0.39, 0.29) is 11.1 Å². The number of alkyl halides is 3. The summed E-state index contributed by atoms with van der Waals surface area (Å²) in [4.78, 5) is 0. The van der Waals surface area contributed by atoms with Gasteiger partial charge in [-0.3, -0.25) is 0 Å². The third-order valence-electron chi connectivity index (χ3n) is 3.10. The molecule has 0 N–H and O–H groups in total. The molecule has 0 heterocycles. The number of ether oxygens (including phenoxy) is 1. The first-order valence-corrected chi connectivity index (χ1v) is 6.67. The summed E-state index contributed by atoms with van der Waals surface area (Å²) < 4.78 is 28.5. The molecule has 0 spiro atoms. The Morgan fingerprint density at radius 2 is 1.65 bits per heavy atom. The van der Waals surface area contributed by atoms with Crippen molar-refractivity contribution < 1.29 is 13.5 Å². The van der Waals surface area contributed by atoms with Crippen molar-refractivity contribution in [3.8, 4) is 5.75 Å². The van der Waals surface area contributed by atoms with Gasteiger partial charge in [0, 0.05) is 0 Å². The Morgan fingerprint density at radius 3 is 2.20 bits per heavy atom. The largest absolute Gasteiger partial charge is 0.435 e. The lowest BCUT2D eigenvalue weighted by atomic mass is 9.98. The van der Waals surface area contributed by atoms with Gasteiger partial charge in [0.25, 0.3) is 0 Å². The van der Waals surface area contributed by atoms with E-state index in [0.29, 0.717) is 0 Å². The molecule has 0 amide bonds. The van der Waals surface area contributed by atoms with Crippen molar-refractivity contribution in [3.05, 3.63) is 64.7 Å². The van der Waals surface area contributed by atoms with Gasteiger partial charge in [-0.15, -0.1) is 11.6 Å². The molecule has 1 atom stereocenters. The fourth-order valence-electron chi connectivity index (χ4n) is 2.11. The second kappa shape index (κ2) is 6.23. The second-order valence-corrected chi connectivity index (χ2v) is 5.11. The lowest BCUT2D eigenvalue weighted by molar-refractivity contribution is -0.0498. The third kappa shape index (κ3) is 3.48. The number of hydrogen-bond donors (Lipinski definition) is 0. The van der Waals surface area contributed by atoms with E-state index >= 15 is 0 Å². The number of halogens is 3. The Kier molecular flexibility index (Phi) is 4.61. The molecular formula is C16H15ClF2O. The van der Waals surface area contributed by atoms with E-state index in [9.17, 15) is 8.78 Å². The molecule has 0 saturated carbocycles. The monoisotopic (exact) mass is 296 g/mol. The molecule has 0 aliphatic heterocycles. The predicted octanol–water partition coefficient (Wildman–Crippen LogP) is 5.23. The Balaban J connectivity index is 2.22. The van der Waals surface area contributed by atoms with Crippen LogP contribution in [0.15, 0.2) is 42.5 Å². The van der Waals surface area contributed by atoms with Crippen molar-refractivity contribution in [1.82, 2.24) is 0 Å². The van der Waals surface area contributed by atoms with Crippen LogP contribution in [0.4, 0.5) is 8.78 Å². The summed E-state index contributed by atoms with van der Waals surface area (Å²) in [6.45, 7) is 1.22. The third-order valence-corrected chi connectivity index (χ3v) is 3.58. The van der Waals surface area contributed by atoms with Crippen molar-refractivity contribution in [1.29, 1.82) is 0 Å². The smallest absolute Gasteiger partial charge is 0.387 e. The summed E-state index contributed by atoms with van der Waals surface area (Å²) in [6, 6.07) is 12.5. The van der Waals surface area contributed by atoms with Crippen LogP contribution in [0.25, 0.3) is 0 Å². The topological polar surface area (TPSA) is 9.23 Å². The van der Waals surface area contributed by atoms with E-state index in [4.69, 9.17) is 11.6 Å². The van der Waals surface area contributed by atoms with Gasteiger partial charge in [0.05, 0.1) is 5.38 Å². The highest BCUT2D eigenvalue weighted by Crippen LogP contribution is 2.32. The summed E-state index contributed by atoms with van der Waals surface area (Å²) >= 11 is 6.46. The molecule has 0 aromatic heterocycles. The number of aryl methyl sites for hydroxylation is 2. The average molecular weight is 297 g/mol. The molecule has 1 unspecified atom stereocenters. The van der Waals surface area contributed by atoms with Crippen LogP contribution in [-0.2, 0) is 0 Å². The summed E-state index contributed by atoms with van der Waals surface area (Å²) in [6.07, 6.45) is 0. The maximum Gasteiger partial charge on any atom is 0.387 e. The normalized spacial score (nSPS) is 12.5. The Hall–Kier alpha value is -1.61. The van der Waals surface area contributed by atoms with Crippen LogP contribution in [0, 0.1) is 13.8 Å². The predicted molar refractivity (Wildman–Crippen MR) is 76.7 cm³/mol. The molecule has 106 valence electrons. The van der Waals surface area contributed by atoms with Crippen LogP contribution in [0.1, 0.15) is 27.6 Å². The SMILES string of the molecule is Cc1ccc(C(Cl)c2ccc(OC(F)F)cc2)c(C)c1. The van der Waals surface area contributed by atoms with Gasteiger partial charge in [0.1, 0.15) is 5.75 Å². The first kappa shape index (κ1) is 14.8. The molecule has 20 heavy (non-hydrogen) atoms. The maximum atomic E-state index is 12.1. The van der Waals surface area contributed by atoms with Crippen LogP contribution < -0.4 is 4.74 Å². The van der Waals surface area contributed by atoms with Gasteiger partial charge in [-0.25, -0.2) is 0 Å². The Labute approximate surface area is 122 Å². The highest BCUT2D eigenvalue weighted by molar-refractivity contribution is 6.22. The van der Waals surface area contributed by atoms with Gasteiger partial charge >= 0.3 is 6.61 Å². The quantitative estimate of drug-likeness (QED) is 0.702. The van der Waals surface area contributed by atoms with E-state index in [1.54, 1.807) is 12.1 Å². The standard InChI is InChI=1S/C16H15ClF2O/c1-10-3-8-14(11(2)9-10)15(17)12-4-6-13(7-5-12)20-16(18)19/h3-9,15-16H,1-2H3. The van der Waals surface area contributed by atoms with Crippen LogP contribution in [0.2, 0.25) is 0 Å². The molecule has 2 aromatic carbocycles. The molecule has 1 nitrogen and oxygen atoms in total. The maximum absolute atomic E-state index is 12.1. The van der Waals surface area contributed by atoms with Crippen LogP contribution in [0.5, 0.6) is 5.75 Å². The van der Waals surface area contributed by atoms with Crippen LogP contribution in [0.3, 0.4) is 0 Å². The number of benzene rings is 2. The first-order chi connectivity index (χ1) is 9.47. The summed E-state index contributed by atoms with van der Waals surface area (Å²) in [5.41, 5.74) is 4.15. The van der Waals surface area contributed by atoms with Crippen molar-refractivity contribution in [3.63, 3.8) is 0 Å². The van der Waals surface area contributed by atoms with Gasteiger partial charge in [0.2, 0.25) is 0 Å². The highest BCUT2D eigenvalue weighted by atomic mass is 35.5. The van der Waals surface area contributed by atoms with Gasteiger partial charge in [-0.05, 0) is 42.7 Å². The fraction of sp³-hybridized carbons (Fsp3) is 0.250. The minimum absolute atomic E-state index is 0.133. The lowest BCUT2D eigenvalue weighted by Crippen LogP contribution is -2.02. The number of hydrogen-bond acceptors (Lipinski definition) is 1. The molecule has 0 fully saturated rings. The zero-order chi connectivity index (χ0) is 14.7. The van der Waals surface area contributed by atoms with Crippen molar-refractivity contribution in [2.75, 3.05) is 0 Å². The molecular weight excluding hydrogens is 282 g/mol. The zero-order valence-corrected chi connectivity index (χ0v) is 12.0. The molecule has 0 aliphatic carbocycles. The van der Waals surface area contributed by atoms with Crippen molar-refractivity contribution in [2.45, 2.75) is 25.8 Å². The highest BCUT2D eigenvalue weighted by Gasteiger charge is 2.13. The average Bonchev–Trinajstić information content (AvgIpc) is 2.38. The molecule has 2 aromatic rings. The van der Waals surface area contributed by atoms with E-state index in [1.165, 1.54) is 17.7 Å². The van der Waals surface area contributed by atoms with Crippen molar-refractivity contribution in [2.24, 2.45) is 0 Å². The van der Waals surface area contributed by atoms with Crippen LogP contribution in [-0.4, -0.2) is 6.61 Å². The van der Waals surface area contributed by atoms with E-state index in [1.807, 2.05) is 26.0 Å². The first-order valence-electron chi connectivity index (χ1n) is 6.23. The molecule has 4 heteroatoms. The van der Waals surface area contributed by atoms with Gasteiger partial charge in [-0.1, -0.05) is 35.9 Å². The molecule has 0 aliphatic rings. The zero-order valence-electron chi connectivity index (χ0n) is 11.2. The molecule has 2 rings (SSSR count). The minimum Gasteiger partial charge on any atom is -0.435 e. The summed E-state index contributed by atoms with van der Waals surface area (Å²) in [5, 5.41) is -0.309. The molecule has 0 saturated heterocycles. The Morgan fingerprint density at radius 1 is 1.00 bits per heavy atom. The minimum atomic E-state index is -2.81. The lowest BCUT2D eigenvalue weighted by Gasteiger charge is -2.14. The summed E-state index contributed by atoms with van der Waals surface area (Å²) in [5.74, 6) is 0.133. The van der Waals surface area contributed by atoms with Crippen molar-refractivity contribution >= 4 is 11.6 Å². The number of rotatable bonds is 4. The summed E-state index contributed by atoms with van der Waals surface area (Å²) in [7, 11) is 0. The van der Waals surface area contributed by atoms with E-state index in [0.717, 1.165) is 16.7 Å². The van der Waals surface area contributed by atoms with E-state index < -0.39 is 6.61 Å².